The van der Waals surface area contributed by atoms with Crippen molar-refractivity contribution in [3.05, 3.63) is 45.6 Å². The average molecular weight is 464 g/mol. The number of carboxylic acids is 1. The molecule has 0 radical (unpaired) electrons. The highest BCUT2D eigenvalue weighted by Crippen LogP contribution is 2.28. The summed E-state index contributed by atoms with van der Waals surface area (Å²) in [5.74, 6) is -1.25. The molecule has 0 spiro atoms. The van der Waals surface area contributed by atoms with Gasteiger partial charge in [0.05, 0.1) is 28.2 Å². The molecule has 31 heavy (non-hydrogen) atoms. The van der Waals surface area contributed by atoms with Gasteiger partial charge >= 0.3 is 12.1 Å². The molecule has 2 aliphatic rings. The quantitative estimate of drug-likeness (QED) is 0.680. The highest BCUT2D eigenvalue weighted by atomic mass is 35.5. The lowest BCUT2D eigenvalue weighted by molar-refractivity contribution is -0.142. The van der Waals surface area contributed by atoms with Crippen molar-refractivity contribution in [1.82, 2.24) is 5.32 Å². The number of nitrogens with zero attached hydrogens (tertiary/aromatic N) is 2. The van der Waals surface area contributed by atoms with Crippen molar-refractivity contribution in [1.29, 1.82) is 0 Å². The normalized spacial score (nSPS) is 19.4. The molecular weight excluding hydrogens is 442 g/mol. The second-order valence-corrected chi connectivity index (χ2v) is 9.26. The van der Waals surface area contributed by atoms with E-state index in [1.165, 1.54) is 11.3 Å². The van der Waals surface area contributed by atoms with Gasteiger partial charge in [0, 0.05) is 24.5 Å². The zero-order valence-electron chi connectivity index (χ0n) is 16.6. The van der Waals surface area contributed by atoms with Crippen LogP contribution >= 0.6 is 22.9 Å². The number of carbonyl (C=O) groups excluding carboxylic acids is 2. The van der Waals surface area contributed by atoms with Crippen molar-refractivity contribution in [3.63, 3.8) is 0 Å². The third-order valence-corrected chi connectivity index (χ3v) is 6.76. The Kier molecular flexibility index (Phi) is 6.33. The van der Waals surface area contributed by atoms with Crippen LogP contribution in [0.15, 0.2) is 36.4 Å². The molecule has 1 atom stereocenters. The van der Waals surface area contributed by atoms with Crippen molar-refractivity contribution in [2.75, 3.05) is 36.0 Å². The third kappa shape index (κ3) is 4.94. The summed E-state index contributed by atoms with van der Waals surface area (Å²) >= 11 is 7.05. The maximum Gasteiger partial charge on any atom is 0.414 e. The van der Waals surface area contributed by atoms with E-state index in [-0.39, 0.29) is 18.4 Å². The highest BCUT2D eigenvalue weighted by molar-refractivity contribution is 7.18. The number of aliphatic carboxylic acids is 1. The van der Waals surface area contributed by atoms with Gasteiger partial charge in [-0.1, -0.05) is 11.6 Å². The molecule has 0 bridgehead atoms. The minimum Gasteiger partial charge on any atom is -0.481 e. The lowest BCUT2D eigenvalue weighted by atomic mass is 9.97. The summed E-state index contributed by atoms with van der Waals surface area (Å²) in [4.78, 5) is 39.8. The van der Waals surface area contributed by atoms with E-state index in [2.05, 4.69) is 10.2 Å². The number of anilines is 2. The fourth-order valence-electron chi connectivity index (χ4n) is 3.80. The number of piperidine rings is 1. The smallest absolute Gasteiger partial charge is 0.414 e. The van der Waals surface area contributed by atoms with Crippen molar-refractivity contribution >= 4 is 52.3 Å². The Balaban J connectivity index is 1.31. The van der Waals surface area contributed by atoms with Crippen molar-refractivity contribution in [2.45, 2.75) is 18.9 Å². The van der Waals surface area contributed by atoms with Crippen LogP contribution in [-0.2, 0) is 9.53 Å². The van der Waals surface area contributed by atoms with Crippen LogP contribution in [0.25, 0.3) is 0 Å². The molecule has 2 aromatic rings. The number of hydrogen-bond donors (Lipinski definition) is 2. The Morgan fingerprint density at radius 3 is 2.42 bits per heavy atom. The summed E-state index contributed by atoms with van der Waals surface area (Å²) in [6.07, 6.45) is 0.358. The van der Waals surface area contributed by atoms with Gasteiger partial charge in [0.15, 0.2) is 0 Å². The van der Waals surface area contributed by atoms with Gasteiger partial charge in [0.25, 0.3) is 5.91 Å². The Hall–Kier alpha value is -2.78. The summed E-state index contributed by atoms with van der Waals surface area (Å²) in [6, 6.07) is 10.9. The Morgan fingerprint density at radius 2 is 1.81 bits per heavy atom. The molecule has 10 heteroatoms. The van der Waals surface area contributed by atoms with Crippen LogP contribution in [0.4, 0.5) is 16.2 Å². The number of amides is 2. The molecule has 2 saturated heterocycles. The molecule has 4 rings (SSSR count). The minimum atomic E-state index is -0.729. The maximum absolute atomic E-state index is 12.3. The van der Waals surface area contributed by atoms with E-state index in [1.807, 2.05) is 24.3 Å². The average Bonchev–Trinajstić information content (AvgIpc) is 3.37. The Bertz CT molecular complexity index is 972. The third-order valence-electron chi connectivity index (χ3n) is 5.53. The van der Waals surface area contributed by atoms with E-state index >= 15 is 0 Å². The van der Waals surface area contributed by atoms with Gasteiger partial charge in [-0.2, -0.15) is 0 Å². The number of nitrogens with one attached hydrogen (secondary N) is 1. The predicted molar refractivity (Wildman–Crippen MR) is 118 cm³/mol. The molecule has 2 fully saturated rings. The second kappa shape index (κ2) is 9.15. The van der Waals surface area contributed by atoms with Crippen LogP contribution in [0.5, 0.6) is 0 Å². The molecule has 1 aromatic heterocycles. The van der Waals surface area contributed by atoms with Crippen molar-refractivity contribution in [2.24, 2.45) is 5.92 Å². The SMILES string of the molecule is O=C(NC[C@@H]1CN(c2ccc(N3CCC(C(=O)O)CC3)cc2)C(=O)O1)c1ccc(Cl)s1. The lowest BCUT2D eigenvalue weighted by Crippen LogP contribution is -2.36. The summed E-state index contributed by atoms with van der Waals surface area (Å²) in [7, 11) is 0. The molecule has 2 aliphatic heterocycles. The van der Waals surface area contributed by atoms with E-state index in [0.717, 1.165) is 5.69 Å². The number of ether oxygens (including phenoxy) is 1. The molecule has 164 valence electrons. The van der Waals surface area contributed by atoms with E-state index < -0.39 is 18.2 Å². The molecular formula is C21H22ClN3O5S. The number of halogens is 1. The largest absolute Gasteiger partial charge is 0.481 e. The van der Waals surface area contributed by atoms with E-state index in [0.29, 0.717) is 47.4 Å². The van der Waals surface area contributed by atoms with Gasteiger partial charge in [0.1, 0.15) is 6.10 Å². The Labute approximate surface area is 188 Å². The van der Waals surface area contributed by atoms with Crippen LogP contribution in [0.2, 0.25) is 4.34 Å². The van der Waals surface area contributed by atoms with E-state index in [1.54, 1.807) is 17.0 Å². The first kappa shape index (κ1) is 21.5. The summed E-state index contributed by atoms with van der Waals surface area (Å²) < 4.78 is 5.92. The summed E-state index contributed by atoms with van der Waals surface area (Å²) in [5.41, 5.74) is 1.71. The van der Waals surface area contributed by atoms with Gasteiger partial charge in [0.2, 0.25) is 0 Å². The van der Waals surface area contributed by atoms with Crippen LogP contribution in [0, 0.1) is 5.92 Å². The molecule has 8 nitrogen and oxygen atoms in total. The van der Waals surface area contributed by atoms with Crippen LogP contribution < -0.4 is 15.1 Å². The number of thiophene rings is 1. The number of hydrogen-bond acceptors (Lipinski definition) is 6. The summed E-state index contributed by atoms with van der Waals surface area (Å²) in [6.45, 7) is 1.94. The molecule has 0 aliphatic carbocycles. The number of cyclic esters (lactones) is 1. The van der Waals surface area contributed by atoms with E-state index in [9.17, 15) is 14.4 Å². The molecule has 0 unspecified atom stereocenters. The van der Waals surface area contributed by atoms with Crippen molar-refractivity contribution in [3.8, 4) is 0 Å². The van der Waals surface area contributed by atoms with Gasteiger partial charge < -0.3 is 20.1 Å². The fourth-order valence-corrected chi connectivity index (χ4v) is 4.76. The van der Waals surface area contributed by atoms with Crippen LogP contribution in [0.3, 0.4) is 0 Å². The molecule has 3 heterocycles. The monoisotopic (exact) mass is 463 g/mol. The zero-order valence-corrected chi connectivity index (χ0v) is 18.2. The number of carboxylic acid groups (broad SMARTS) is 1. The first-order valence-corrected chi connectivity index (χ1v) is 11.2. The van der Waals surface area contributed by atoms with Crippen LogP contribution in [-0.4, -0.2) is 55.4 Å². The zero-order chi connectivity index (χ0) is 22.0. The predicted octanol–water partition coefficient (Wildman–Crippen LogP) is 3.46. The minimum absolute atomic E-state index is 0.215. The first-order valence-electron chi connectivity index (χ1n) is 10.00. The van der Waals surface area contributed by atoms with Crippen LogP contribution in [0.1, 0.15) is 22.5 Å². The molecule has 2 N–H and O–H groups in total. The van der Waals surface area contributed by atoms with Gasteiger partial charge in [-0.05, 0) is 49.2 Å². The number of benzene rings is 1. The second-order valence-electron chi connectivity index (χ2n) is 7.55. The molecule has 1 aromatic carbocycles. The topological polar surface area (TPSA) is 99.2 Å². The van der Waals surface area contributed by atoms with Gasteiger partial charge in [-0.25, -0.2) is 4.79 Å². The summed E-state index contributed by atoms with van der Waals surface area (Å²) in [5, 5.41) is 11.9. The Morgan fingerprint density at radius 1 is 1.13 bits per heavy atom. The molecule has 0 saturated carbocycles. The number of rotatable bonds is 6. The standard InChI is InChI=1S/C21H22ClN3O5S/c22-18-6-5-17(31-18)19(26)23-11-16-12-25(21(29)30-16)15-3-1-14(2-4-15)24-9-7-13(8-10-24)20(27)28/h1-6,13,16H,7-12H2,(H,23,26)(H,27,28)/t16-/m1/s1. The fraction of sp³-hybridized carbons (Fsp3) is 0.381. The lowest BCUT2D eigenvalue weighted by Gasteiger charge is -2.32. The first-order chi connectivity index (χ1) is 14.9. The number of carbonyl (C=O) groups is 3. The van der Waals surface area contributed by atoms with Gasteiger partial charge in [-0.3, -0.25) is 14.5 Å². The van der Waals surface area contributed by atoms with Gasteiger partial charge in [-0.15, -0.1) is 11.3 Å². The van der Waals surface area contributed by atoms with Crippen molar-refractivity contribution < 1.29 is 24.2 Å². The molecule has 2 amide bonds. The highest BCUT2D eigenvalue weighted by Gasteiger charge is 2.33. The van der Waals surface area contributed by atoms with E-state index in [4.69, 9.17) is 21.4 Å². The maximum atomic E-state index is 12.3.